The molecule has 1 aromatic carbocycles. The smallest absolute Gasteiger partial charge is 0.138 e. The van der Waals surface area contributed by atoms with Crippen molar-refractivity contribution in [2.45, 2.75) is 26.0 Å². The highest BCUT2D eigenvalue weighted by Gasteiger charge is 2.06. The number of aromatic nitrogens is 1. The summed E-state index contributed by atoms with van der Waals surface area (Å²) in [6.07, 6.45) is 2.34. The topological polar surface area (TPSA) is 57.4 Å². The fourth-order valence-corrected chi connectivity index (χ4v) is 1.88. The largest absolute Gasteiger partial charge is 0.497 e. The van der Waals surface area contributed by atoms with Gasteiger partial charge in [-0.2, -0.15) is 0 Å². The Morgan fingerprint density at radius 3 is 2.57 bits per heavy atom. The summed E-state index contributed by atoms with van der Waals surface area (Å²) >= 11 is 0. The molecule has 1 unspecified atom stereocenters. The minimum absolute atomic E-state index is 0.0673. The van der Waals surface area contributed by atoms with Crippen LogP contribution in [0.3, 0.4) is 0 Å². The molecule has 4 nitrogen and oxygen atoms in total. The van der Waals surface area contributed by atoms with E-state index in [1.165, 1.54) is 13.2 Å². The number of hydrogen-bond donors (Lipinski definition) is 1. The highest BCUT2D eigenvalue weighted by Crippen LogP contribution is 2.18. The van der Waals surface area contributed by atoms with Gasteiger partial charge < -0.3 is 15.2 Å². The van der Waals surface area contributed by atoms with Crippen LogP contribution in [0.2, 0.25) is 0 Å². The van der Waals surface area contributed by atoms with Gasteiger partial charge in [-0.05, 0) is 31.2 Å². The van der Waals surface area contributed by atoms with E-state index < -0.39 is 0 Å². The zero-order valence-corrected chi connectivity index (χ0v) is 12.2. The summed E-state index contributed by atoms with van der Waals surface area (Å²) in [6.45, 7) is 2.07. The first kappa shape index (κ1) is 15.3. The summed E-state index contributed by atoms with van der Waals surface area (Å²) in [5.74, 6) is 0.729. The first-order valence-electron chi connectivity index (χ1n) is 6.74. The van der Waals surface area contributed by atoms with Gasteiger partial charge in [0.2, 0.25) is 0 Å². The summed E-state index contributed by atoms with van der Waals surface area (Å²) in [5, 5.41) is 0. The standard InChI is InChI=1S/C16H19FN2O2/c1-11(18)7-13-4-6-15(9-19-13)21-10-12-3-5-14(20-2)8-16(12)17/h3-6,8-9,11H,7,10,18H2,1-2H3. The van der Waals surface area contributed by atoms with Crippen LogP contribution in [0.5, 0.6) is 11.5 Å². The van der Waals surface area contributed by atoms with Crippen molar-refractivity contribution in [3.8, 4) is 11.5 Å². The van der Waals surface area contributed by atoms with E-state index >= 15 is 0 Å². The van der Waals surface area contributed by atoms with E-state index in [9.17, 15) is 4.39 Å². The summed E-state index contributed by atoms with van der Waals surface area (Å²) in [6, 6.07) is 8.42. The Labute approximate surface area is 123 Å². The molecule has 21 heavy (non-hydrogen) atoms. The first-order valence-corrected chi connectivity index (χ1v) is 6.74. The van der Waals surface area contributed by atoms with Gasteiger partial charge in [0.25, 0.3) is 0 Å². The van der Waals surface area contributed by atoms with Gasteiger partial charge in [-0.25, -0.2) is 4.39 Å². The lowest BCUT2D eigenvalue weighted by Crippen LogP contribution is -2.18. The second-order valence-corrected chi connectivity index (χ2v) is 4.91. The van der Waals surface area contributed by atoms with Crippen LogP contribution in [-0.2, 0) is 13.0 Å². The average Bonchev–Trinajstić information content (AvgIpc) is 2.47. The fourth-order valence-electron chi connectivity index (χ4n) is 1.88. The second-order valence-electron chi connectivity index (χ2n) is 4.91. The van der Waals surface area contributed by atoms with Gasteiger partial charge >= 0.3 is 0 Å². The molecule has 1 atom stereocenters. The second kappa shape index (κ2) is 7.04. The van der Waals surface area contributed by atoms with E-state index in [0.29, 0.717) is 23.5 Å². The highest BCUT2D eigenvalue weighted by atomic mass is 19.1. The van der Waals surface area contributed by atoms with Crippen molar-refractivity contribution >= 4 is 0 Å². The normalized spacial score (nSPS) is 12.0. The molecule has 0 aliphatic rings. The van der Waals surface area contributed by atoms with Crippen LogP contribution < -0.4 is 15.2 Å². The minimum atomic E-state index is -0.351. The van der Waals surface area contributed by atoms with Crippen LogP contribution >= 0.6 is 0 Å². The lowest BCUT2D eigenvalue weighted by atomic mass is 10.2. The van der Waals surface area contributed by atoms with Crippen LogP contribution in [0.1, 0.15) is 18.2 Å². The van der Waals surface area contributed by atoms with Crippen molar-refractivity contribution in [1.29, 1.82) is 0 Å². The Morgan fingerprint density at radius 1 is 1.24 bits per heavy atom. The van der Waals surface area contributed by atoms with Gasteiger partial charge in [0.1, 0.15) is 23.9 Å². The molecule has 2 aromatic rings. The van der Waals surface area contributed by atoms with Gasteiger partial charge in [-0.3, -0.25) is 4.98 Å². The van der Waals surface area contributed by atoms with Crippen molar-refractivity contribution in [2.24, 2.45) is 5.73 Å². The molecule has 0 aliphatic heterocycles. The maximum absolute atomic E-state index is 13.8. The van der Waals surface area contributed by atoms with Gasteiger partial charge in [0.15, 0.2) is 0 Å². The molecule has 0 spiro atoms. The Hall–Kier alpha value is -2.14. The van der Waals surface area contributed by atoms with E-state index in [1.54, 1.807) is 18.3 Å². The van der Waals surface area contributed by atoms with Crippen molar-refractivity contribution < 1.29 is 13.9 Å². The predicted octanol–water partition coefficient (Wildman–Crippen LogP) is 2.70. The lowest BCUT2D eigenvalue weighted by molar-refractivity contribution is 0.298. The summed E-state index contributed by atoms with van der Waals surface area (Å²) in [4.78, 5) is 4.26. The molecular weight excluding hydrogens is 271 g/mol. The third kappa shape index (κ3) is 4.43. The van der Waals surface area contributed by atoms with Crippen LogP contribution in [-0.4, -0.2) is 18.1 Å². The first-order chi connectivity index (χ1) is 10.1. The molecule has 1 aromatic heterocycles. The molecule has 1 heterocycles. The predicted molar refractivity (Wildman–Crippen MR) is 78.9 cm³/mol. The Morgan fingerprint density at radius 2 is 2.00 bits per heavy atom. The van der Waals surface area contributed by atoms with Crippen LogP contribution in [0.15, 0.2) is 36.5 Å². The molecule has 0 aliphatic carbocycles. The molecule has 5 heteroatoms. The van der Waals surface area contributed by atoms with E-state index in [0.717, 1.165) is 5.69 Å². The monoisotopic (exact) mass is 290 g/mol. The van der Waals surface area contributed by atoms with Crippen LogP contribution in [0, 0.1) is 5.82 Å². The van der Waals surface area contributed by atoms with E-state index in [-0.39, 0.29) is 18.5 Å². The van der Waals surface area contributed by atoms with Crippen molar-refractivity contribution in [2.75, 3.05) is 7.11 Å². The zero-order chi connectivity index (χ0) is 15.2. The van der Waals surface area contributed by atoms with Gasteiger partial charge in [-0.15, -0.1) is 0 Å². The molecule has 0 fully saturated rings. The molecule has 0 radical (unpaired) electrons. The average molecular weight is 290 g/mol. The van der Waals surface area contributed by atoms with Crippen molar-refractivity contribution in [3.05, 3.63) is 53.6 Å². The molecular formula is C16H19FN2O2. The number of ether oxygens (including phenoxy) is 2. The maximum atomic E-state index is 13.8. The van der Waals surface area contributed by atoms with Crippen molar-refractivity contribution in [1.82, 2.24) is 4.98 Å². The quantitative estimate of drug-likeness (QED) is 0.888. The molecule has 112 valence electrons. The molecule has 0 amide bonds. The highest BCUT2D eigenvalue weighted by molar-refractivity contribution is 5.29. The molecule has 0 saturated heterocycles. The van der Waals surface area contributed by atoms with Crippen LogP contribution in [0.25, 0.3) is 0 Å². The molecule has 2 rings (SSSR count). The van der Waals surface area contributed by atoms with Gasteiger partial charge in [0, 0.05) is 29.8 Å². The summed E-state index contributed by atoms with van der Waals surface area (Å²) in [5.41, 5.74) is 7.09. The maximum Gasteiger partial charge on any atom is 0.138 e. The molecule has 0 saturated carbocycles. The van der Waals surface area contributed by atoms with Crippen molar-refractivity contribution in [3.63, 3.8) is 0 Å². The number of methoxy groups -OCH3 is 1. The van der Waals surface area contributed by atoms with E-state index in [2.05, 4.69) is 4.98 Å². The number of benzene rings is 1. The number of hydrogen-bond acceptors (Lipinski definition) is 4. The SMILES string of the molecule is COc1ccc(COc2ccc(CC(C)N)nc2)c(F)c1. The minimum Gasteiger partial charge on any atom is -0.497 e. The fraction of sp³-hybridized carbons (Fsp3) is 0.312. The third-order valence-electron chi connectivity index (χ3n) is 2.98. The van der Waals surface area contributed by atoms with Gasteiger partial charge in [0.05, 0.1) is 13.3 Å². The Bertz CT molecular complexity index is 585. The summed E-state index contributed by atoms with van der Waals surface area (Å²) in [7, 11) is 1.50. The lowest BCUT2D eigenvalue weighted by Gasteiger charge is -2.09. The van der Waals surface area contributed by atoms with E-state index in [4.69, 9.17) is 15.2 Å². The molecule has 2 N–H and O–H groups in total. The number of nitrogens with two attached hydrogens (primary N) is 1. The third-order valence-corrected chi connectivity index (χ3v) is 2.98. The number of rotatable bonds is 6. The summed E-state index contributed by atoms with van der Waals surface area (Å²) < 4.78 is 24.2. The molecule has 0 bridgehead atoms. The number of pyridine rings is 1. The van der Waals surface area contributed by atoms with Crippen LogP contribution in [0.4, 0.5) is 4.39 Å². The zero-order valence-electron chi connectivity index (χ0n) is 12.2. The number of halogens is 1. The Kier molecular flexibility index (Phi) is 5.11. The number of nitrogens with zero attached hydrogens (tertiary/aromatic N) is 1. The Balaban J connectivity index is 1.96. The van der Waals surface area contributed by atoms with E-state index in [1.807, 2.05) is 19.1 Å². The van der Waals surface area contributed by atoms with Gasteiger partial charge in [-0.1, -0.05) is 0 Å².